The van der Waals surface area contributed by atoms with E-state index < -0.39 is 0 Å². The van der Waals surface area contributed by atoms with Crippen LogP contribution in [-0.2, 0) is 4.79 Å². The molecule has 0 saturated carbocycles. The molecule has 0 aliphatic carbocycles. The second-order valence-electron chi connectivity index (χ2n) is 5.55. The smallest absolute Gasteiger partial charge is 0.239 e. The van der Waals surface area contributed by atoms with E-state index >= 15 is 0 Å². The summed E-state index contributed by atoms with van der Waals surface area (Å²) >= 11 is 0. The second kappa shape index (κ2) is 7.26. The first kappa shape index (κ1) is 15.6. The molecule has 1 fully saturated rings. The average molecular weight is 292 g/mol. The van der Waals surface area contributed by atoms with E-state index in [-0.39, 0.29) is 5.91 Å². The predicted octanol–water partition coefficient (Wildman–Crippen LogP) is 1.48. The molecule has 6 nitrogen and oxygen atoms in total. The molecule has 116 valence electrons. The number of methoxy groups -OCH3 is 1. The van der Waals surface area contributed by atoms with Crippen LogP contribution in [0, 0.1) is 5.92 Å². The van der Waals surface area contributed by atoms with Crippen molar-refractivity contribution in [1.82, 2.24) is 10.3 Å². The summed E-state index contributed by atoms with van der Waals surface area (Å²) in [6, 6.07) is 1.86. The van der Waals surface area contributed by atoms with Crippen molar-refractivity contribution in [1.29, 1.82) is 0 Å². The number of hydrogen-bond donors (Lipinski definition) is 2. The van der Waals surface area contributed by atoms with Crippen LogP contribution in [0.15, 0.2) is 12.3 Å². The molecule has 1 aromatic rings. The van der Waals surface area contributed by atoms with Gasteiger partial charge in [-0.2, -0.15) is 0 Å². The van der Waals surface area contributed by atoms with Gasteiger partial charge in [0.1, 0.15) is 5.69 Å². The zero-order chi connectivity index (χ0) is 15.2. The van der Waals surface area contributed by atoms with Crippen molar-refractivity contribution in [2.24, 2.45) is 5.92 Å². The van der Waals surface area contributed by atoms with Crippen molar-refractivity contribution >= 4 is 17.3 Å². The van der Waals surface area contributed by atoms with Crippen molar-refractivity contribution < 1.29 is 9.53 Å². The van der Waals surface area contributed by atoms with Crippen LogP contribution in [0.3, 0.4) is 0 Å². The number of amides is 1. The predicted molar refractivity (Wildman–Crippen MR) is 84.0 cm³/mol. The summed E-state index contributed by atoms with van der Waals surface area (Å²) in [5.74, 6) is 1.06. The fourth-order valence-electron chi connectivity index (χ4n) is 2.58. The van der Waals surface area contributed by atoms with Crippen molar-refractivity contribution in [3.8, 4) is 5.88 Å². The molecule has 0 aromatic carbocycles. The van der Waals surface area contributed by atoms with Crippen LogP contribution in [-0.4, -0.2) is 45.2 Å². The van der Waals surface area contributed by atoms with Crippen LogP contribution in [0.1, 0.15) is 19.3 Å². The summed E-state index contributed by atoms with van der Waals surface area (Å²) in [6.07, 6.45) is 4.27. The third-order valence-corrected chi connectivity index (χ3v) is 3.78. The Morgan fingerprint density at radius 3 is 3.00 bits per heavy atom. The zero-order valence-corrected chi connectivity index (χ0v) is 13.0. The third kappa shape index (κ3) is 4.07. The maximum absolute atomic E-state index is 12.2. The van der Waals surface area contributed by atoms with Gasteiger partial charge in [-0.25, -0.2) is 4.98 Å². The number of aromatic nitrogens is 1. The molecule has 1 aliphatic heterocycles. The first-order chi connectivity index (χ1) is 10.1. The first-order valence-electron chi connectivity index (χ1n) is 7.32. The van der Waals surface area contributed by atoms with Gasteiger partial charge in [0.25, 0.3) is 0 Å². The van der Waals surface area contributed by atoms with Gasteiger partial charge < -0.3 is 20.3 Å². The number of nitrogens with one attached hydrogen (secondary N) is 2. The lowest BCUT2D eigenvalue weighted by atomic mass is 10.0. The van der Waals surface area contributed by atoms with Crippen LogP contribution in [0.4, 0.5) is 11.4 Å². The number of carbonyl (C=O) groups is 1. The van der Waals surface area contributed by atoms with Gasteiger partial charge in [-0.3, -0.25) is 4.79 Å². The molecule has 0 spiro atoms. The van der Waals surface area contributed by atoms with E-state index in [0.717, 1.165) is 31.6 Å². The molecule has 1 saturated heterocycles. The Labute approximate surface area is 125 Å². The Balaban J connectivity index is 2.01. The van der Waals surface area contributed by atoms with Crippen molar-refractivity contribution in [2.75, 3.05) is 44.5 Å². The summed E-state index contributed by atoms with van der Waals surface area (Å²) in [7, 11) is 5.41. The molecule has 0 bridgehead atoms. The normalized spacial score (nSPS) is 17.6. The van der Waals surface area contributed by atoms with Gasteiger partial charge in [-0.05, 0) is 37.9 Å². The fourth-order valence-corrected chi connectivity index (χ4v) is 2.58. The summed E-state index contributed by atoms with van der Waals surface area (Å²) in [6.45, 7) is 2.08. The van der Waals surface area contributed by atoms with E-state index in [4.69, 9.17) is 4.74 Å². The Bertz CT molecular complexity index is 485. The summed E-state index contributed by atoms with van der Waals surface area (Å²) < 4.78 is 5.25. The van der Waals surface area contributed by atoms with Crippen LogP contribution >= 0.6 is 0 Å². The van der Waals surface area contributed by atoms with Crippen molar-refractivity contribution in [2.45, 2.75) is 19.3 Å². The number of pyridine rings is 1. The topological polar surface area (TPSA) is 66.5 Å². The number of carbonyl (C=O) groups excluding carboxylic acids is 1. The highest BCUT2D eigenvalue weighted by Gasteiger charge is 2.18. The summed E-state index contributed by atoms with van der Waals surface area (Å²) in [5.41, 5.74) is 1.53. The van der Waals surface area contributed by atoms with Gasteiger partial charge in [0, 0.05) is 26.7 Å². The minimum Gasteiger partial charge on any atom is -0.479 e. The first-order valence-corrected chi connectivity index (χ1v) is 7.32. The van der Waals surface area contributed by atoms with Gasteiger partial charge >= 0.3 is 0 Å². The summed E-state index contributed by atoms with van der Waals surface area (Å²) in [5, 5.41) is 6.27. The van der Waals surface area contributed by atoms with Crippen LogP contribution in [0.2, 0.25) is 0 Å². The Hall–Kier alpha value is -1.82. The third-order valence-electron chi connectivity index (χ3n) is 3.78. The van der Waals surface area contributed by atoms with Gasteiger partial charge in [0.05, 0.1) is 12.8 Å². The Morgan fingerprint density at radius 1 is 1.57 bits per heavy atom. The average Bonchev–Trinajstić information content (AvgIpc) is 2.98. The number of hydrogen-bond acceptors (Lipinski definition) is 5. The molecule has 1 aromatic heterocycles. The molecule has 1 atom stereocenters. The Kier molecular flexibility index (Phi) is 5.38. The van der Waals surface area contributed by atoms with Gasteiger partial charge in [0.2, 0.25) is 11.8 Å². The largest absolute Gasteiger partial charge is 0.479 e. The summed E-state index contributed by atoms with van der Waals surface area (Å²) in [4.78, 5) is 18.3. The van der Waals surface area contributed by atoms with E-state index in [1.165, 1.54) is 0 Å². The number of ether oxygens (including phenoxy) is 1. The number of rotatable bonds is 6. The minimum absolute atomic E-state index is 0.0105. The molecule has 6 heteroatoms. The molecule has 21 heavy (non-hydrogen) atoms. The van der Waals surface area contributed by atoms with Crippen LogP contribution in [0.25, 0.3) is 0 Å². The zero-order valence-electron chi connectivity index (χ0n) is 13.0. The molecule has 1 aliphatic rings. The highest BCUT2D eigenvalue weighted by molar-refractivity contribution is 5.96. The minimum atomic E-state index is 0.0105. The van der Waals surface area contributed by atoms with Crippen LogP contribution < -0.4 is 20.3 Å². The fraction of sp³-hybridized carbons (Fsp3) is 0.600. The van der Waals surface area contributed by atoms with E-state index in [0.29, 0.717) is 23.9 Å². The quantitative estimate of drug-likeness (QED) is 0.831. The molecule has 2 rings (SSSR count). The van der Waals surface area contributed by atoms with Gasteiger partial charge in [-0.15, -0.1) is 0 Å². The lowest BCUT2D eigenvalue weighted by Crippen LogP contribution is -2.19. The molecule has 1 amide bonds. The molecule has 2 heterocycles. The van der Waals surface area contributed by atoms with Gasteiger partial charge in [0.15, 0.2) is 0 Å². The Morgan fingerprint density at radius 2 is 2.38 bits per heavy atom. The lowest BCUT2D eigenvalue weighted by molar-refractivity contribution is -0.116. The van der Waals surface area contributed by atoms with E-state index in [1.54, 1.807) is 13.3 Å². The molecule has 2 N–H and O–H groups in total. The molecule has 1 unspecified atom stereocenters. The maximum atomic E-state index is 12.2. The maximum Gasteiger partial charge on any atom is 0.239 e. The molecular weight excluding hydrogens is 268 g/mol. The van der Waals surface area contributed by atoms with Crippen LogP contribution in [0.5, 0.6) is 5.88 Å². The molecular formula is C15H24N4O2. The lowest BCUT2D eigenvalue weighted by Gasteiger charge is -2.19. The molecule has 0 radical (unpaired) electrons. The highest BCUT2D eigenvalue weighted by atomic mass is 16.5. The monoisotopic (exact) mass is 292 g/mol. The standard InChI is InChI=1S/C15H24N4O2/c1-19(2)12-7-9-17-15(21-3)14(12)18-13(20)5-4-11-6-8-16-10-11/h7,9,11,16H,4-6,8,10H2,1-3H3,(H,18,20). The van der Waals surface area contributed by atoms with E-state index in [2.05, 4.69) is 15.6 Å². The van der Waals surface area contributed by atoms with E-state index in [1.807, 2.05) is 25.1 Å². The SMILES string of the molecule is COc1nccc(N(C)C)c1NC(=O)CCC1CCNC1. The van der Waals surface area contributed by atoms with Crippen molar-refractivity contribution in [3.05, 3.63) is 12.3 Å². The second-order valence-corrected chi connectivity index (χ2v) is 5.55. The number of anilines is 2. The number of nitrogens with zero attached hydrogens (tertiary/aromatic N) is 2. The van der Waals surface area contributed by atoms with Gasteiger partial charge in [-0.1, -0.05) is 0 Å². The highest BCUT2D eigenvalue weighted by Crippen LogP contribution is 2.32. The van der Waals surface area contributed by atoms with E-state index in [9.17, 15) is 4.79 Å². The van der Waals surface area contributed by atoms with Crippen molar-refractivity contribution in [3.63, 3.8) is 0 Å².